The van der Waals surface area contributed by atoms with Crippen LogP contribution in [0, 0.1) is 6.92 Å². The van der Waals surface area contributed by atoms with Crippen LogP contribution in [0.1, 0.15) is 45.1 Å². The summed E-state index contributed by atoms with van der Waals surface area (Å²) in [7, 11) is 0. The molecule has 0 unspecified atom stereocenters. The summed E-state index contributed by atoms with van der Waals surface area (Å²) in [6.07, 6.45) is 2.36. The van der Waals surface area contributed by atoms with Gasteiger partial charge in [0.1, 0.15) is 5.71 Å². The molecule has 1 aliphatic heterocycles. The van der Waals surface area contributed by atoms with Crippen molar-refractivity contribution in [1.82, 2.24) is 5.32 Å². The molecule has 0 fully saturated rings. The van der Waals surface area contributed by atoms with Gasteiger partial charge >= 0.3 is 0 Å². The number of nitrogens with zero attached hydrogens (tertiary/aromatic N) is 2. The monoisotopic (exact) mass is 335 g/mol. The van der Waals surface area contributed by atoms with E-state index in [2.05, 4.69) is 10.4 Å². The van der Waals surface area contributed by atoms with E-state index in [4.69, 9.17) is 11.6 Å². The number of anilines is 1. The fourth-order valence-electron chi connectivity index (χ4n) is 2.39. The molecule has 0 aliphatic carbocycles. The Kier molecular flexibility index (Phi) is 5.77. The quantitative estimate of drug-likeness (QED) is 0.896. The molecule has 0 atom stereocenters. The molecule has 1 aliphatic rings. The third-order valence-electron chi connectivity index (χ3n) is 4.02. The predicted octanol–water partition coefficient (Wildman–Crippen LogP) is 3.44. The molecule has 1 aromatic rings. The lowest BCUT2D eigenvalue weighted by Gasteiger charge is -2.24. The van der Waals surface area contributed by atoms with Crippen LogP contribution < -0.4 is 10.3 Å². The van der Waals surface area contributed by atoms with Crippen LogP contribution in [0.15, 0.2) is 23.3 Å². The molecule has 0 bridgehead atoms. The highest BCUT2D eigenvalue weighted by atomic mass is 35.5. The SMILES string of the molecule is CCC(CC)NC(=O)C1=NN(c2ccc(C)c(Cl)c2)C(=O)CC1. The molecular formula is C17H22ClN3O2. The van der Waals surface area contributed by atoms with Crippen LogP contribution in [0.4, 0.5) is 5.69 Å². The first kappa shape index (κ1) is 17.5. The van der Waals surface area contributed by atoms with Crippen LogP contribution in [0.25, 0.3) is 0 Å². The number of nitrogens with one attached hydrogen (secondary N) is 1. The summed E-state index contributed by atoms with van der Waals surface area (Å²) >= 11 is 6.12. The third kappa shape index (κ3) is 4.10. The van der Waals surface area contributed by atoms with Crippen molar-refractivity contribution in [3.63, 3.8) is 0 Å². The molecule has 0 saturated heterocycles. The fraction of sp³-hybridized carbons (Fsp3) is 0.471. The Morgan fingerprint density at radius 1 is 1.35 bits per heavy atom. The van der Waals surface area contributed by atoms with Gasteiger partial charge in [-0.15, -0.1) is 0 Å². The molecule has 0 spiro atoms. The van der Waals surface area contributed by atoms with Crippen LogP contribution in [-0.2, 0) is 9.59 Å². The fourth-order valence-corrected chi connectivity index (χ4v) is 2.57. The highest BCUT2D eigenvalue weighted by molar-refractivity contribution is 6.40. The summed E-state index contributed by atoms with van der Waals surface area (Å²) < 4.78 is 0. The number of rotatable bonds is 5. The molecule has 6 heteroatoms. The lowest BCUT2D eigenvalue weighted by atomic mass is 10.1. The molecule has 1 aromatic carbocycles. The number of aryl methyl sites for hydroxylation is 1. The average molecular weight is 336 g/mol. The second kappa shape index (κ2) is 7.59. The van der Waals surface area contributed by atoms with E-state index in [0.717, 1.165) is 18.4 Å². The zero-order valence-corrected chi connectivity index (χ0v) is 14.5. The van der Waals surface area contributed by atoms with Crippen molar-refractivity contribution in [2.24, 2.45) is 5.10 Å². The van der Waals surface area contributed by atoms with Crippen LogP contribution in [0.3, 0.4) is 0 Å². The number of hydrogen-bond acceptors (Lipinski definition) is 3. The van der Waals surface area contributed by atoms with Gasteiger partial charge in [-0.25, -0.2) is 5.01 Å². The molecule has 1 N–H and O–H groups in total. The van der Waals surface area contributed by atoms with Gasteiger partial charge in [-0.1, -0.05) is 31.5 Å². The van der Waals surface area contributed by atoms with E-state index >= 15 is 0 Å². The Morgan fingerprint density at radius 2 is 2.04 bits per heavy atom. The lowest BCUT2D eigenvalue weighted by Crippen LogP contribution is -2.42. The highest BCUT2D eigenvalue weighted by Crippen LogP contribution is 2.26. The maximum atomic E-state index is 12.3. The summed E-state index contributed by atoms with van der Waals surface area (Å²) in [5.41, 5.74) is 1.89. The van der Waals surface area contributed by atoms with Crippen molar-refractivity contribution in [2.75, 3.05) is 5.01 Å². The Hall–Kier alpha value is -1.88. The van der Waals surface area contributed by atoms with Gasteiger partial charge in [0.25, 0.3) is 5.91 Å². The molecule has 2 amide bonds. The van der Waals surface area contributed by atoms with Gasteiger partial charge in [-0.3, -0.25) is 9.59 Å². The number of hydrogen-bond donors (Lipinski definition) is 1. The normalized spacial score (nSPS) is 14.9. The predicted molar refractivity (Wildman–Crippen MR) is 92.9 cm³/mol. The molecule has 124 valence electrons. The van der Waals surface area contributed by atoms with E-state index in [0.29, 0.717) is 22.8 Å². The van der Waals surface area contributed by atoms with E-state index in [-0.39, 0.29) is 24.3 Å². The molecule has 0 radical (unpaired) electrons. The second-order valence-corrected chi connectivity index (χ2v) is 6.08. The molecular weight excluding hydrogens is 314 g/mol. The topological polar surface area (TPSA) is 61.8 Å². The highest BCUT2D eigenvalue weighted by Gasteiger charge is 2.26. The van der Waals surface area contributed by atoms with Crippen molar-refractivity contribution in [3.8, 4) is 0 Å². The first-order chi connectivity index (χ1) is 11.0. The van der Waals surface area contributed by atoms with Crippen LogP contribution in [-0.4, -0.2) is 23.6 Å². The van der Waals surface area contributed by atoms with Gasteiger partial charge in [0.2, 0.25) is 5.91 Å². The van der Waals surface area contributed by atoms with E-state index in [1.54, 1.807) is 12.1 Å². The molecule has 5 nitrogen and oxygen atoms in total. The van der Waals surface area contributed by atoms with Crippen LogP contribution in [0.5, 0.6) is 0 Å². The zero-order valence-electron chi connectivity index (χ0n) is 13.7. The summed E-state index contributed by atoms with van der Waals surface area (Å²) in [6, 6.07) is 5.44. The van der Waals surface area contributed by atoms with E-state index < -0.39 is 0 Å². The number of hydrazone groups is 1. The standard InChI is InChI=1S/C17H22ClN3O2/c1-4-12(5-2)19-17(23)15-8-9-16(22)21(20-15)13-7-6-11(3)14(18)10-13/h6-7,10,12H,4-5,8-9H2,1-3H3,(H,19,23). The first-order valence-corrected chi connectivity index (χ1v) is 8.31. The van der Waals surface area contributed by atoms with Gasteiger partial charge in [-0.2, -0.15) is 5.10 Å². The molecule has 23 heavy (non-hydrogen) atoms. The Balaban J connectivity index is 2.23. The van der Waals surface area contributed by atoms with Crippen molar-refractivity contribution < 1.29 is 9.59 Å². The number of amides is 2. The van der Waals surface area contributed by atoms with Crippen molar-refractivity contribution >= 4 is 34.8 Å². The van der Waals surface area contributed by atoms with Gasteiger partial charge in [0.15, 0.2) is 0 Å². The maximum Gasteiger partial charge on any atom is 0.267 e. The van der Waals surface area contributed by atoms with Crippen LogP contribution >= 0.6 is 11.6 Å². The summed E-state index contributed by atoms with van der Waals surface area (Å²) in [4.78, 5) is 24.5. The summed E-state index contributed by atoms with van der Waals surface area (Å²) in [6.45, 7) is 5.95. The van der Waals surface area contributed by atoms with Gasteiger partial charge in [0.05, 0.1) is 5.69 Å². The molecule has 0 saturated carbocycles. The Labute approximate surface area is 141 Å². The second-order valence-electron chi connectivity index (χ2n) is 5.67. The molecule has 0 aromatic heterocycles. The summed E-state index contributed by atoms with van der Waals surface area (Å²) in [5, 5.41) is 9.06. The Bertz CT molecular complexity index is 639. The van der Waals surface area contributed by atoms with Gasteiger partial charge in [-0.05, 0) is 37.5 Å². The van der Waals surface area contributed by atoms with Crippen molar-refractivity contribution in [2.45, 2.75) is 52.5 Å². The lowest BCUT2D eigenvalue weighted by molar-refractivity contribution is -0.119. The van der Waals surface area contributed by atoms with Crippen molar-refractivity contribution in [3.05, 3.63) is 28.8 Å². The first-order valence-electron chi connectivity index (χ1n) is 7.93. The van der Waals surface area contributed by atoms with E-state index in [1.165, 1.54) is 5.01 Å². The minimum atomic E-state index is -0.200. The third-order valence-corrected chi connectivity index (χ3v) is 4.42. The largest absolute Gasteiger partial charge is 0.348 e. The summed E-state index contributed by atoms with van der Waals surface area (Å²) in [5.74, 6) is -0.335. The number of carbonyl (C=O) groups is 2. The average Bonchev–Trinajstić information content (AvgIpc) is 2.55. The van der Waals surface area contributed by atoms with E-state index in [9.17, 15) is 9.59 Å². The number of benzene rings is 1. The molecule has 2 rings (SSSR count). The van der Waals surface area contributed by atoms with Crippen LogP contribution in [0.2, 0.25) is 5.02 Å². The maximum absolute atomic E-state index is 12.3. The van der Waals surface area contributed by atoms with E-state index in [1.807, 2.05) is 26.8 Å². The van der Waals surface area contributed by atoms with Gasteiger partial charge < -0.3 is 5.32 Å². The van der Waals surface area contributed by atoms with Gasteiger partial charge in [0, 0.05) is 23.9 Å². The minimum Gasteiger partial charge on any atom is -0.348 e. The smallest absolute Gasteiger partial charge is 0.267 e. The Morgan fingerprint density at radius 3 is 2.65 bits per heavy atom. The molecule has 1 heterocycles. The number of halogens is 1. The minimum absolute atomic E-state index is 0.130. The zero-order chi connectivity index (χ0) is 17.0. The number of carbonyl (C=O) groups excluding carboxylic acids is 2. The van der Waals surface area contributed by atoms with Crippen molar-refractivity contribution in [1.29, 1.82) is 0 Å².